The van der Waals surface area contributed by atoms with Crippen molar-refractivity contribution < 1.29 is 4.74 Å². The molecule has 2 aromatic rings. The summed E-state index contributed by atoms with van der Waals surface area (Å²) >= 11 is 0. The predicted octanol–water partition coefficient (Wildman–Crippen LogP) is 1.83. The Labute approximate surface area is 112 Å². The van der Waals surface area contributed by atoms with Crippen molar-refractivity contribution >= 4 is 22.4 Å². The van der Waals surface area contributed by atoms with Crippen LogP contribution >= 0.6 is 0 Å². The summed E-state index contributed by atoms with van der Waals surface area (Å²) in [5.41, 5.74) is 7.42. The van der Waals surface area contributed by atoms with E-state index in [2.05, 4.69) is 14.9 Å². The summed E-state index contributed by atoms with van der Waals surface area (Å²) in [4.78, 5) is 11.0. The quantitative estimate of drug-likeness (QED) is 0.832. The Morgan fingerprint density at radius 2 is 2.26 bits per heavy atom. The first kappa shape index (κ1) is 12.2. The molecular weight excluding hydrogens is 240 g/mol. The molecular formula is C14H18N4O. The summed E-state index contributed by atoms with van der Waals surface area (Å²) in [5, 5.41) is 1.05. The maximum Gasteiger partial charge on any atom is 0.139 e. The second kappa shape index (κ2) is 5.01. The monoisotopic (exact) mass is 258 g/mol. The fourth-order valence-corrected chi connectivity index (χ4v) is 2.63. The SMILES string of the molecule is COC1CCCN(c2ncnc3cc(N)ccc23)C1. The lowest BCUT2D eigenvalue weighted by molar-refractivity contribution is 0.0892. The average Bonchev–Trinajstić information content (AvgIpc) is 2.46. The summed E-state index contributed by atoms with van der Waals surface area (Å²) in [5.74, 6) is 0.978. The molecule has 5 nitrogen and oxygen atoms in total. The standard InChI is InChI=1S/C14H18N4O/c1-19-11-3-2-6-18(8-11)14-12-5-4-10(15)7-13(12)16-9-17-14/h4-5,7,9,11H,2-3,6,8,15H2,1H3. The minimum atomic E-state index is 0.285. The van der Waals surface area contributed by atoms with Crippen LogP contribution in [-0.4, -0.2) is 36.3 Å². The second-order valence-corrected chi connectivity index (χ2v) is 4.92. The highest BCUT2D eigenvalue weighted by Gasteiger charge is 2.21. The third-order valence-electron chi connectivity index (χ3n) is 3.65. The van der Waals surface area contributed by atoms with Gasteiger partial charge in [-0.1, -0.05) is 0 Å². The number of aromatic nitrogens is 2. The van der Waals surface area contributed by atoms with Crippen LogP contribution in [0.25, 0.3) is 10.9 Å². The Hall–Kier alpha value is -1.88. The maximum atomic E-state index is 5.80. The number of methoxy groups -OCH3 is 1. The number of ether oxygens (including phenoxy) is 1. The van der Waals surface area contributed by atoms with Gasteiger partial charge in [-0.15, -0.1) is 0 Å². The molecule has 100 valence electrons. The topological polar surface area (TPSA) is 64.3 Å². The molecule has 1 saturated heterocycles. The van der Waals surface area contributed by atoms with Gasteiger partial charge in [0.2, 0.25) is 0 Å². The molecule has 1 atom stereocenters. The van der Waals surface area contributed by atoms with Crippen LogP contribution in [0.3, 0.4) is 0 Å². The van der Waals surface area contributed by atoms with Gasteiger partial charge in [-0.25, -0.2) is 9.97 Å². The van der Waals surface area contributed by atoms with E-state index in [-0.39, 0.29) is 6.10 Å². The third kappa shape index (κ3) is 2.33. The van der Waals surface area contributed by atoms with Crippen molar-refractivity contribution in [1.29, 1.82) is 0 Å². The van der Waals surface area contributed by atoms with Gasteiger partial charge in [0.15, 0.2) is 0 Å². The smallest absolute Gasteiger partial charge is 0.139 e. The fraction of sp³-hybridized carbons (Fsp3) is 0.429. The van der Waals surface area contributed by atoms with Gasteiger partial charge in [0, 0.05) is 31.3 Å². The molecule has 19 heavy (non-hydrogen) atoms. The Morgan fingerprint density at radius 3 is 3.11 bits per heavy atom. The summed E-state index contributed by atoms with van der Waals surface area (Å²) < 4.78 is 5.47. The van der Waals surface area contributed by atoms with E-state index in [1.54, 1.807) is 13.4 Å². The zero-order valence-electron chi connectivity index (χ0n) is 11.0. The summed E-state index contributed by atoms with van der Waals surface area (Å²) in [6.45, 7) is 1.89. The van der Waals surface area contributed by atoms with Gasteiger partial charge in [-0.2, -0.15) is 0 Å². The van der Waals surface area contributed by atoms with Gasteiger partial charge in [0.25, 0.3) is 0 Å². The van der Waals surface area contributed by atoms with E-state index in [0.29, 0.717) is 0 Å². The number of benzene rings is 1. The van der Waals surface area contributed by atoms with Crippen molar-refractivity contribution in [2.45, 2.75) is 18.9 Å². The van der Waals surface area contributed by atoms with Crippen LogP contribution in [0.15, 0.2) is 24.5 Å². The van der Waals surface area contributed by atoms with E-state index < -0.39 is 0 Å². The number of hydrogen-bond acceptors (Lipinski definition) is 5. The molecule has 0 aliphatic carbocycles. The highest BCUT2D eigenvalue weighted by atomic mass is 16.5. The Kier molecular flexibility index (Phi) is 3.21. The van der Waals surface area contributed by atoms with Crippen molar-refractivity contribution in [3.05, 3.63) is 24.5 Å². The molecule has 0 radical (unpaired) electrons. The van der Waals surface area contributed by atoms with E-state index in [4.69, 9.17) is 10.5 Å². The molecule has 5 heteroatoms. The lowest BCUT2D eigenvalue weighted by Crippen LogP contribution is -2.39. The minimum absolute atomic E-state index is 0.285. The highest BCUT2D eigenvalue weighted by molar-refractivity contribution is 5.91. The first-order valence-corrected chi connectivity index (χ1v) is 6.56. The van der Waals surface area contributed by atoms with Crippen molar-refractivity contribution in [2.24, 2.45) is 0 Å². The largest absolute Gasteiger partial charge is 0.399 e. The van der Waals surface area contributed by atoms with Crippen LogP contribution in [0.2, 0.25) is 0 Å². The molecule has 0 saturated carbocycles. The van der Waals surface area contributed by atoms with Crippen LogP contribution in [0, 0.1) is 0 Å². The molecule has 1 unspecified atom stereocenters. The normalized spacial score (nSPS) is 19.8. The molecule has 1 aromatic heterocycles. The third-order valence-corrected chi connectivity index (χ3v) is 3.65. The number of rotatable bonds is 2. The minimum Gasteiger partial charge on any atom is -0.399 e. The molecule has 0 amide bonds. The van der Waals surface area contributed by atoms with Gasteiger partial charge in [0.05, 0.1) is 11.6 Å². The van der Waals surface area contributed by atoms with E-state index >= 15 is 0 Å². The van der Waals surface area contributed by atoms with Crippen molar-refractivity contribution in [3.63, 3.8) is 0 Å². The van der Waals surface area contributed by atoms with Gasteiger partial charge >= 0.3 is 0 Å². The van der Waals surface area contributed by atoms with E-state index in [1.807, 2.05) is 18.2 Å². The van der Waals surface area contributed by atoms with Gasteiger partial charge in [-0.05, 0) is 31.0 Å². The van der Waals surface area contributed by atoms with Crippen LogP contribution in [0.5, 0.6) is 0 Å². The van der Waals surface area contributed by atoms with Gasteiger partial charge < -0.3 is 15.4 Å². The predicted molar refractivity (Wildman–Crippen MR) is 76.2 cm³/mol. The van der Waals surface area contributed by atoms with E-state index in [0.717, 1.165) is 48.3 Å². The number of anilines is 2. The van der Waals surface area contributed by atoms with Gasteiger partial charge in [-0.3, -0.25) is 0 Å². The molecule has 1 aliphatic heterocycles. The zero-order chi connectivity index (χ0) is 13.2. The summed E-state index contributed by atoms with van der Waals surface area (Å²) in [6.07, 6.45) is 4.13. The summed E-state index contributed by atoms with van der Waals surface area (Å²) in [6, 6.07) is 5.78. The number of fused-ring (bicyclic) bond motifs is 1. The van der Waals surface area contributed by atoms with Crippen molar-refractivity contribution in [1.82, 2.24) is 9.97 Å². The Bertz CT molecular complexity index is 587. The molecule has 1 fully saturated rings. The summed E-state index contributed by atoms with van der Waals surface area (Å²) in [7, 11) is 1.77. The number of nitrogen functional groups attached to an aromatic ring is 1. The number of nitrogens with two attached hydrogens (primary N) is 1. The molecule has 3 rings (SSSR count). The second-order valence-electron chi connectivity index (χ2n) is 4.92. The maximum absolute atomic E-state index is 5.80. The first-order valence-electron chi connectivity index (χ1n) is 6.56. The first-order chi connectivity index (χ1) is 9.28. The van der Waals surface area contributed by atoms with Crippen LogP contribution < -0.4 is 10.6 Å². The highest BCUT2D eigenvalue weighted by Crippen LogP contribution is 2.27. The Morgan fingerprint density at radius 1 is 1.37 bits per heavy atom. The molecule has 1 aromatic carbocycles. The lowest BCUT2D eigenvalue weighted by atomic mass is 10.1. The zero-order valence-corrected chi connectivity index (χ0v) is 11.0. The number of piperidine rings is 1. The average molecular weight is 258 g/mol. The van der Waals surface area contributed by atoms with Crippen LogP contribution in [0.1, 0.15) is 12.8 Å². The molecule has 1 aliphatic rings. The van der Waals surface area contributed by atoms with Crippen molar-refractivity contribution in [2.75, 3.05) is 30.8 Å². The van der Waals surface area contributed by atoms with Crippen LogP contribution in [-0.2, 0) is 4.74 Å². The molecule has 2 N–H and O–H groups in total. The van der Waals surface area contributed by atoms with E-state index in [1.165, 1.54) is 0 Å². The van der Waals surface area contributed by atoms with E-state index in [9.17, 15) is 0 Å². The Balaban J connectivity index is 2.00. The molecule has 2 heterocycles. The van der Waals surface area contributed by atoms with Crippen molar-refractivity contribution in [3.8, 4) is 0 Å². The van der Waals surface area contributed by atoms with Gasteiger partial charge in [0.1, 0.15) is 12.1 Å². The lowest BCUT2D eigenvalue weighted by Gasteiger charge is -2.33. The molecule has 0 bridgehead atoms. The van der Waals surface area contributed by atoms with Crippen LogP contribution in [0.4, 0.5) is 11.5 Å². The fourth-order valence-electron chi connectivity index (χ4n) is 2.63. The number of hydrogen-bond donors (Lipinski definition) is 1. The number of nitrogens with zero attached hydrogens (tertiary/aromatic N) is 3. The molecule has 0 spiro atoms.